The Morgan fingerprint density at radius 2 is 2.29 bits per heavy atom. The topological polar surface area (TPSA) is 98.4 Å². The lowest BCUT2D eigenvalue weighted by molar-refractivity contribution is -0.157. The van der Waals surface area contributed by atoms with Gasteiger partial charge in [0.15, 0.2) is 4.34 Å². The van der Waals surface area contributed by atoms with Crippen LogP contribution in [0.25, 0.3) is 0 Å². The molecule has 3 heterocycles. The van der Waals surface area contributed by atoms with Gasteiger partial charge in [0.1, 0.15) is 28.2 Å². The van der Waals surface area contributed by atoms with Crippen LogP contribution in [-0.4, -0.2) is 55.5 Å². The van der Waals surface area contributed by atoms with E-state index in [-0.39, 0.29) is 11.3 Å². The van der Waals surface area contributed by atoms with E-state index in [1.165, 1.54) is 28.0 Å². The summed E-state index contributed by atoms with van der Waals surface area (Å²) >= 11 is 4.52. The fourth-order valence-electron chi connectivity index (χ4n) is 2.38. The summed E-state index contributed by atoms with van der Waals surface area (Å²) in [6, 6.07) is -0.551. The maximum absolute atomic E-state index is 12.7. The van der Waals surface area contributed by atoms with E-state index in [1.54, 1.807) is 38.0 Å². The number of nitrogens with zero attached hydrogens (tertiary/aromatic N) is 3. The Kier molecular flexibility index (Phi) is 4.92. The summed E-state index contributed by atoms with van der Waals surface area (Å²) in [5.74, 6) is 0.498. The first-order valence-corrected chi connectivity index (χ1v) is 10.2. The van der Waals surface area contributed by atoms with Crippen LogP contribution in [0.1, 0.15) is 20.8 Å². The summed E-state index contributed by atoms with van der Waals surface area (Å²) in [5, 5.41) is 7.61. The van der Waals surface area contributed by atoms with E-state index in [0.717, 1.165) is 9.91 Å². The first-order chi connectivity index (χ1) is 11.3. The van der Waals surface area contributed by atoms with Crippen LogP contribution in [0.4, 0.5) is 0 Å². The molecule has 1 saturated heterocycles. The number of hydrogen-bond donors (Lipinski definition) is 1. The summed E-state index contributed by atoms with van der Waals surface area (Å²) in [6.07, 6.45) is 0. The zero-order valence-electron chi connectivity index (χ0n) is 13.5. The lowest BCUT2D eigenvalue weighted by atomic mass is 10.0. The predicted octanol–water partition coefficient (Wildman–Crippen LogP) is 1.47. The quantitative estimate of drug-likeness (QED) is 0.472. The van der Waals surface area contributed by atoms with Crippen LogP contribution in [0.5, 0.6) is 0 Å². The highest BCUT2D eigenvalue weighted by Crippen LogP contribution is 2.41. The third kappa shape index (κ3) is 3.46. The van der Waals surface area contributed by atoms with Crippen molar-refractivity contribution in [1.82, 2.24) is 15.1 Å². The maximum atomic E-state index is 12.7. The van der Waals surface area contributed by atoms with Crippen LogP contribution < -0.4 is 5.73 Å². The lowest BCUT2D eigenvalue weighted by Crippen LogP contribution is -2.68. The minimum Gasteiger partial charge on any atom is -0.455 e. The predicted molar refractivity (Wildman–Crippen MR) is 94.6 cm³/mol. The van der Waals surface area contributed by atoms with Crippen LogP contribution in [0.15, 0.2) is 21.1 Å². The molecule has 0 saturated carbocycles. The van der Waals surface area contributed by atoms with Crippen LogP contribution in [0, 0.1) is 0 Å². The molecule has 1 unspecified atom stereocenters. The van der Waals surface area contributed by atoms with Crippen molar-refractivity contribution in [2.75, 3.05) is 11.5 Å². The standard InChI is InChI=1S/C14H18N4O3S3/c1-14(2,3)21-12(20)9-7(5-23-13-17-16-6-24-13)4-22-11-8(15)10(19)18(9)11/h6,8,11H,4-5,15H2,1-3H3/t8?,11-/m1/s1. The van der Waals surface area contributed by atoms with E-state index in [2.05, 4.69) is 10.2 Å². The van der Waals surface area contributed by atoms with E-state index in [9.17, 15) is 9.59 Å². The third-order valence-corrected chi connectivity index (χ3v) is 6.70. The molecule has 2 N–H and O–H groups in total. The molecule has 1 fully saturated rings. The van der Waals surface area contributed by atoms with Gasteiger partial charge in [-0.3, -0.25) is 9.69 Å². The highest BCUT2D eigenvalue weighted by atomic mass is 32.2. The SMILES string of the molecule is CC(C)(C)OC(=O)C1=C(CSc2nncs2)CS[C@@H]2C(N)C(=O)N12. The summed E-state index contributed by atoms with van der Waals surface area (Å²) in [7, 11) is 0. The smallest absolute Gasteiger partial charge is 0.355 e. The van der Waals surface area contributed by atoms with E-state index in [1.807, 2.05) is 0 Å². The van der Waals surface area contributed by atoms with Gasteiger partial charge in [-0.25, -0.2) is 4.79 Å². The third-order valence-electron chi connectivity index (χ3n) is 3.39. The maximum Gasteiger partial charge on any atom is 0.355 e. The molecule has 7 nitrogen and oxygen atoms in total. The van der Waals surface area contributed by atoms with Crippen LogP contribution in [-0.2, 0) is 14.3 Å². The lowest BCUT2D eigenvalue weighted by Gasteiger charge is -2.48. The molecule has 2 aliphatic rings. The second-order valence-corrected chi connectivity index (χ2v) is 9.54. The molecular weight excluding hydrogens is 368 g/mol. The van der Waals surface area contributed by atoms with Crippen molar-refractivity contribution in [3.05, 3.63) is 16.8 Å². The molecule has 2 atom stereocenters. The number of fused-ring (bicyclic) bond motifs is 1. The first kappa shape index (κ1) is 17.7. The number of rotatable bonds is 4. The number of carbonyl (C=O) groups excluding carboxylic acids is 2. The van der Waals surface area contributed by atoms with E-state index in [0.29, 0.717) is 17.2 Å². The molecule has 0 spiro atoms. The molecule has 0 radical (unpaired) electrons. The van der Waals surface area contributed by atoms with Gasteiger partial charge in [-0.15, -0.1) is 22.0 Å². The summed E-state index contributed by atoms with van der Waals surface area (Å²) in [4.78, 5) is 26.3. The molecule has 0 aliphatic carbocycles. The fraction of sp³-hybridized carbons (Fsp3) is 0.571. The van der Waals surface area contributed by atoms with Crippen LogP contribution in [0.2, 0.25) is 0 Å². The molecule has 3 rings (SSSR count). The van der Waals surface area contributed by atoms with E-state index < -0.39 is 17.6 Å². The molecule has 0 aromatic carbocycles. The number of amides is 1. The van der Waals surface area contributed by atoms with Gasteiger partial charge in [0, 0.05) is 11.5 Å². The van der Waals surface area contributed by atoms with Gasteiger partial charge in [0.05, 0.1) is 0 Å². The molecule has 2 aliphatic heterocycles. The monoisotopic (exact) mass is 386 g/mol. The van der Waals surface area contributed by atoms with Crippen molar-refractivity contribution in [1.29, 1.82) is 0 Å². The Morgan fingerprint density at radius 1 is 1.54 bits per heavy atom. The van der Waals surface area contributed by atoms with Crippen molar-refractivity contribution in [3.63, 3.8) is 0 Å². The normalized spacial score (nSPS) is 23.8. The second-order valence-electron chi connectivity index (χ2n) is 6.38. The number of nitrogens with two attached hydrogens (primary N) is 1. The summed E-state index contributed by atoms with van der Waals surface area (Å²) < 4.78 is 6.33. The summed E-state index contributed by atoms with van der Waals surface area (Å²) in [6.45, 7) is 5.42. The van der Waals surface area contributed by atoms with Gasteiger partial charge in [0.25, 0.3) is 0 Å². The summed E-state index contributed by atoms with van der Waals surface area (Å²) in [5.41, 5.74) is 8.10. The van der Waals surface area contributed by atoms with Gasteiger partial charge in [0.2, 0.25) is 5.91 Å². The Balaban J connectivity index is 1.86. The minimum atomic E-state index is -0.627. The van der Waals surface area contributed by atoms with E-state index >= 15 is 0 Å². The Morgan fingerprint density at radius 3 is 2.92 bits per heavy atom. The molecule has 1 aromatic heterocycles. The zero-order chi connectivity index (χ0) is 17.5. The van der Waals surface area contributed by atoms with Crippen LogP contribution in [0.3, 0.4) is 0 Å². The number of esters is 1. The first-order valence-electron chi connectivity index (χ1n) is 7.32. The second kappa shape index (κ2) is 6.66. The van der Waals surface area contributed by atoms with Gasteiger partial charge in [-0.2, -0.15) is 0 Å². The number of thioether (sulfide) groups is 2. The molecule has 24 heavy (non-hydrogen) atoms. The zero-order valence-corrected chi connectivity index (χ0v) is 16.0. The molecule has 0 bridgehead atoms. The highest BCUT2D eigenvalue weighted by molar-refractivity contribution is 8.01. The van der Waals surface area contributed by atoms with Gasteiger partial charge < -0.3 is 10.5 Å². The number of aromatic nitrogens is 2. The van der Waals surface area contributed by atoms with Gasteiger partial charge in [-0.05, 0) is 26.3 Å². The van der Waals surface area contributed by atoms with Crippen molar-refractivity contribution >= 4 is 46.7 Å². The number of β-lactam (4-membered cyclic amide) rings is 1. The Hall–Kier alpha value is -1.10. The minimum absolute atomic E-state index is 0.185. The van der Waals surface area contributed by atoms with E-state index in [4.69, 9.17) is 10.5 Å². The number of carbonyl (C=O) groups is 2. The number of hydrogen-bond acceptors (Lipinski definition) is 9. The van der Waals surface area contributed by atoms with Crippen molar-refractivity contribution in [2.45, 2.75) is 42.1 Å². The van der Waals surface area contributed by atoms with Gasteiger partial charge >= 0.3 is 5.97 Å². The average Bonchev–Trinajstić information content (AvgIpc) is 3.02. The molecule has 10 heteroatoms. The van der Waals surface area contributed by atoms with Gasteiger partial charge in [-0.1, -0.05) is 23.1 Å². The molecule has 1 amide bonds. The van der Waals surface area contributed by atoms with Crippen molar-refractivity contribution < 1.29 is 14.3 Å². The Bertz CT molecular complexity index is 684. The Labute approximate surface area is 152 Å². The van der Waals surface area contributed by atoms with Crippen molar-refractivity contribution in [2.24, 2.45) is 5.73 Å². The largest absolute Gasteiger partial charge is 0.455 e. The van der Waals surface area contributed by atoms with Crippen molar-refractivity contribution in [3.8, 4) is 0 Å². The highest BCUT2D eigenvalue weighted by Gasteiger charge is 2.52. The number of ether oxygens (including phenoxy) is 1. The average molecular weight is 387 g/mol. The molecule has 1 aromatic rings. The molecular formula is C14H18N4O3S3. The molecule has 130 valence electrons. The fourth-order valence-corrected chi connectivity index (χ4v) is 5.30. The van der Waals surface area contributed by atoms with Crippen LogP contribution >= 0.6 is 34.9 Å².